The maximum Gasteiger partial charge on any atom is 0.197 e. The van der Waals surface area contributed by atoms with E-state index in [2.05, 4.69) is 15.9 Å². The van der Waals surface area contributed by atoms with Crippen molar-refractivity contribution in [3.63, 3.8) is 0 Å². The monoisotopic (exact) mass is 360 g/mol. The van der Waals surface area contributed by atoms with Crippen molar-refractivity contribution in [1.29, 1.82) is 0 Å². The Morgan fingerprint density at radius 1 is 1.21 bits per heavy atom. The summed E-state index contributed by atoms with van der Waals surface area (Å²) in [5.74, 6) is -1.13. The average Bonchev–Trinajstić information content (AvgIpc) is 2.36. The van der Waals surface area contributed by atoms with Crippen LogP contribution in [0.15, 0.2) is 34.8 Å². The smallest absolute Gasteiger partial charge is 0.197 e. The minimum Gasteiger partial charge on any atom is -0.288 e. The number of benzene rings is 2. The van der Waals surface area contributed by atoms with Gasteiger partial charge in [-0.15, -0.1) is 0 Å². The minimum absolute atomic E-state index is 0.0966. The Balaban J connectivity index is 2.56. The molecule has 0 atom stereocenters. The van der Waals surface area contributed by atoms with E-state index in [1.165, 1.54) is 12.1 Å². The normalized spacial score (nSPS) is 10.6. The number of halogens is 4. The molecule has 2 aromatic carbocycles. The molecule has 0 unspecified atom stereocenters. The van der Waals surface area contributed by atoms with Crippen LogP contribution in [0.25, 0.3) is 0 Å². The number of aryl methyl sites for hydroxylation is 1. The van der Waals surface area contributed by atoms with Crippen molar-refractivity contribution < 1.29 is 9.18 Å². The molecule has 0 saturated heterocycles. The molecule has 2 aromatic rings. The Labute approximate surface area is 128 Å². The van der Waals surface area contributed by atoms with Crippen molar-refractivity contribution in [2.45, 2.75) is 6.92 Å². The second kappa shape index (κ2) is 5.61. The molecule has 98 valence electrons. The lowest BCUT2D eigenvalue weighted by Crippen LogP contribution is -2.06. The van der Waals surface area contributed by atoms with E-state index in [-0.39, 0.29) is 16.1 Å². The number of rotatable bonds is 2. The zero-order valence-corrected chi connectivity index (χ0v) is 12.9. The summed E-state index contributed by atoms with van der Waals surface area (Å²) in [4.78, 5) is 12.3. The second-order valence-corrected chi connectivity index (χ2v) is 5.65. The summed E-state index contributed by atoms with van der Waals surface area (Å²) in [6, 6.07) is 7.51. The van der Waals surface area contributed by atoms with Gasteiger partial charge in [0.2, 0.25) is 0 Å². The molecule has 0 aliphatic rings. The number of hydrogen-bond acceptors (Lipinski definition) is 1. The van der Waals surface area contributed by atoms with Crippen molar-refractivity contribution in [3.05, 3.63) is 67.4 Å². The summed E-state index contributed by atoms with van der Waals surface area (Å²) in [5.41, 5.74) is 0.927. The van der Waals surface area contributed by atoms with Gasteiger partial charge in [-0.25, -0.2) is 4.39 Å². The maximum absolute atomic E-state index is 13.8. The lowest BCUT2D eigenvalue weighted by Gasteiger charge is -2.08. The number of carbonyl (C=O) groups is 1. The molecule has 0 aromatic heterocycles. The Bertz CT molecular complexity index is 671. The lowest BCUT2D eigenvalue weighted by molar-refractivity contribution is 0.103. The van der Waals surface area contributed by atoms with Gasteiger partial charge < -0.3 is 0 Å². The van der Waals surface area contributed by atoms with Gasteiger partial charge >= 0.3 is 0 Å². The molecule has 0 radical (unpaired) electrons. The van der Waals surface area contributed by atoms with Gasteiger partial charge in [0.15, 0.2) is 5.78 Å². The Kier molecular flexibility index (Phi) is 4.29. The first kappa shape index (κ1) is 14.5. The zero-order valence-electron chi connectivity index (χ0n) is 9.81. The largest absolute Gasteiger partial charge is 0.288 e. The predicted octanol–water partition coefficient (Wildman–Crippen LogP) is 5.43. The van der Waals surface area contributed by atoms with Crippen LogP contribution in [0.2, 0.25) is 10.0 Å². The quantitative estimate of drug-likeness (QED) is 0.514. The minimum atomic E-state index is -0.640. The van der Waals surface area contributed by atoms with Crippen molar-refractivity contribution in [2.24, 2.45) is 0 Å². The highest BCUT2D eigenvalue weighted by Crippen LogP contribution is 2.29. The third-order valence-corrected chi connectivity index (χ3v) is 4.39. The topological polar surface area (TPSA) is 17.1 Å². The molecule has 0 bridgehead atoms. The van der Waals surface area contributed by atoms with Gasteiger partial charge in [-0.05, 0) is 46.6 Å². The predicted molar refractivity (Wildman–Crippen MR) is 78.7 cm³/mol. The molecule has 0 N–H and O–H groups in total. The van der Waals surface area contributed by atoms with Crippen molar-refractivity contribution in [1.82, 2.24) is 0 Å². The molecule has 19 heavy (non-hydrogen) atoms. The Morgan fingerprint density at radius 2 is 1.89 bits per heavy atom. The number of carbonyl (C=O) groups excluding carboxylic acids is 1. The fraction of sp³-hybridized carbons (Fsp3) is 0.0714. The first-order valence-electron chi connectivity index (χ1n) is 5.36. The van der Waals surface area contributed by atoms with Crippen LogP contribution < -0.4 is 0 Å². The van der Waals surface area contributed by atoms with Crippen LogP contribution in [0.5, 0.6) is 0 Å². The van der Waals surface area contributed by atoms with Crippen LogP contribution in [0, 0.1) is 12.7 Å². The first-order chi connectivity index (χ1) is 8.91. The molecule has 0 amide bonds. The molecular formula is C14H8BrCl2FO. The standard InChI is InChI=1S/C14H8BrCl2FO/c1-7-3-2-4-8(13(7)17)14(19)9-5-11(16)10(15)6-12(9)18/h2-6H,1H3. The van der Waals surface area contributed by atoms with E-state index in [1.807, 2.05) is 0 Å². The summed E-state index contributed by atoms with van der Waals surface area (Å²) in [6.07, 6.45) is 0. The molecular weight excluding hydrogens is 354 g/mol. The molecule has 1 nitrogen and oxygen atoms in total. The van der Waals surface area contributed by atoms with Gasteiger partial charge in [-0.1, -0.05) is 35.3 Å². The Hall–Kier alpha value is -0.900. The molecule has 2 rings (SSSR count). The highest BCUT2D eigenvalue weighted by molar-refractivity contribution is 9.10. The fourth-order valence-electron chi connectivity index (χ4n) is 1.66. The summed E-state index contributed by atoms with van der Waals surface area (Å²) in [7, 11) is 0. The number of hydrogen-bond donors (Lipinski definition) is 0. The Morgan fingerprint density at radius 3 is 2.58 bits per heavy atom. The van der Waals surface area contributed by atoms with E-state index in [9.17, 15) is 9.18 Å². The van der Waals surface area contributed by atoms with Gasteiger partial charge in [0, 0.05) is 10.0 Å². The van der Waals surface area contributed by atoms with Gasteiger partial charge in [-0.3, -0.25) is 4.79 Å². The SMILES string of the molecule is Cc1cccc(C(=O)c2cc(Cl)c(Br)cc2F)c1Cl. The van der Waals surface area contributed by atoms with Crippen molar-refractivity contribution in [3.8, 4) is 0 Å². The van der Waals surface area contributed by atoms with E-state index >= 15 is 0 Å². The molecule has 0 fully saturated rings. The fourth-order valence-corrected chi connectivity index (χ4v) is 2.36. The zero-order chi connectivity index (χ0) is 14.2. The second-order valence-electron chi connectivity index (χ2n) is 4.01. The summed E-state index contributed by atoms with van der Waals surface area (Å²) < 4.78 is 14.2. The van der Waals surface area contributed by atoms with Crippen molar-refractivity contribution in [2.75, 3.05) is 0 Å². The molecule has 5 heteroatoms. The third kappa shape index (κ3) is 2.83. The van der Waals surface area contributed by atoms with Crippen LogP contribution in [0.1, 0.15) is 21.5 Å². The summed E-state index contributed by atoms with van der Waals surface area (Å²) in [5, 5.41) is 0.597. The molecule has 0 spiro atoms. The highest BCUT2D eigenvalue weighted by atomic mass is 79.9. The average molecular weight is 362 g/mol. The third-order valence-electron chi connectivity index (χ3n) is 2.69. The van der Waals surface area contributed by atoms with Crippen LogP contribution in [-0.2, 0) is 0 Å². The van der Waals surface area contributed by atoms with Crippen LogP contribution >= 0.6 is 39.1 Å². The molecule has 0 aliphatic heterocycles. The number of ketones is 1. The maximum atomic E-state index is 13.8. The van der Waals surface area contributed by atoms with Gasteiger partial charge in [0.05, 0.1) is 15.6 Å². The van der Waals surface area contributed by atoms with Crippen LogP contribution in [0.4, 0.5) is 4.39 Å². The van der Waals surface area contributed by atoms with E-state index in [0.29, 0.717) is 9.50 Å². The lowest BCUT2D eigenvalue weighted by atomic mass is 10.0. The molecule has 0 aliphatic carbocycles. The van der Waals surface area contributed by atoms with Crippen LogP contribution in [-0.4, -0.2) is 5.78 Å². The van der Waals surface area contributed by atoms with Crippen LogP contribution in [0.3, 0.4) is 0 Å². The summed E-state index contributed by atoms with van der Waals surface area (Å²) >= 11 is 15.1. The van der Waals surface area contributed by atoms with E-state index in [4.69, 9.17) is 23.2 Å². The van der Waals surface area contributed by atoms with E-state index < -0.39 is 11.6 Å². The van der Waals surface area contributed by atoms with Gasteiger partial charge in [-0.2, -0.15) is 0 Å². The molecule has 0 heterocycles. The highest BCUT2D eigenvalue weighted by Gasteiger charge is 2.19. The van der Waals surface area contributed by atoms with E-state index in [1.54, 1.807) is 25.1 Å². The van der Waals surface area contributed by atoms with Crippen molar-refractivity contribution >= 4 is 44.9 Å². The molecule has 0 saturated carbocycles. The first-order valence-corrected chi connectivity index (χ1v) is 6.91. The van der Waals surface area contributed by atoms with E-state index in [0.717, 1.165) is 5.56 Å². The summed E-state index contributed by atoms with van der Waals surface area (Å²) in [6.45, 7) is 1.78. The van der Waals surface area contributed by atoms with Gasteiger partial charge in [0.25, 0.3) is 0 Å². The van der Waals surface area contributed by atoms with Gasteiger partial charge in [0.1, 0.15) is 5.82 Å².